The monoisotopic (exact) mass is 437 g/mol. The topological polar surface area (TPSA) is 127 Å². The van der Waals surface area contributed by atoms with Crippen LogP contribution < -0.4 is 5.73 Å². The summed E-state index contributed by atoms with van der Waals surface area (Å²) in [6.07, 6.45) is -5.14. The standard InChI is InChI=1S/C14H18F2N5O5PS/c1-6(2)25-27(28)23-3-14(13(15)16)9(26-27)8(22)12(24-14)21-5-20-7-10(17)18-4-19-11(7)21/h4-6,8-9,12-13,22H,3H2,1-2H3,(H2,17,18,19)/t8-,9-,12-,14-,27?/m1/s1. The van der Waals surface area contributed by atoms with E-state index < -0.39 is 43.8 Å². The molecule has 2 aromatic rings. The number of alkyl halides is 2. The summed E-state index contributed by atoms with van der Waals surface area (Å²) >= 11 is 5.25. The zero-order chi connectivity index (χ0) is 20.3. The normalized spacial score (nSPS) is 35.8. The van der Waals surface area contributed by atoms with E-state index in [2.05, 4.69) is 15.0 Å². The lowest BCUT2D eigenvalue weighted by Gasteiger charge is -2.41. The lowest BCUT2D eigenvalue weighted by atomic mass is 9.96. The van der Waals surface area contributed by atoms with E-state index in [1.807, 2.05) is 0 Å². The molecule has 154 valence electrons. The van der Waals surface area contributed by atoms with Gasteiger partial charge in [0.05, 0.1) is 19.0 Å². The van der Waals surface area contributed by atoms with Gasteiger partial charge < -0.3 is 24.6 Å². The molecule has 2 aromatic heterocycles. The third kappa shape index (κ3) is 3.02. The molecule has 0 saturated carbocycles. The second kappa shape index (κ2) is 6.87. The van der Waals surface area contributed by atoms with Gasteiger partial charge in [0, 0.05) is 0 Å². The van der Waals surface area contributed by atoms with Gasteiger partial charge in [0.2, 0.25) is 0 Å². The average Bonchev–Trinajstić information content (AvgIpc) is 3.15. The Balaban J connectivity index is 1.73. The van der Waals surface area contributed by atoms with Crippen molar-refractivity contribution < 1.29 is 32.2 Å². The van der Waals surface area contributed by atoms with Gasteiger partial charge in [0.1, 0.15) is 24.1 Å². The Morgan fingerprint density at radius 2 is 2.18 bits per heavy atom. The first-order valence-electron chi connectivity index (χ1n) is 8.35. The van der Waals surface area contributed by atoms with E-state index >= 15 is 0 Å². The van der Waals surface area contributed by atoms with Crippen LogP contribution in [0.1, 0.15) is 20.1 Å². The lowest BCUT2D eigenvalue weighted by Crippen LogP contribution is -2.56. The highest BCUT2D eigenvalue weighted by Crippen LogP contribution is 2.61. The van der Waals surface area contributed by atoms with Crippen molar-refractivity contribution in [1.29, 1.82) is 0 Å². The molecule has 2 fully saturated rings. The summed E-state index contributed by atoms with van der Waals surface area (Å²) in [5.41, 5.74) is 4.01. The minimum Gasteiger partial charge on any atom is -0.386 e. The summed E-state index contributed by atoms with van der Waals surface area (Å²) < 4.78 is 51.4. The SMILES string of the molecule is CC(C)OP1(=S)OC[C@@]2(C(F)F)O[C@@H](n3cnc4c(N)ncnc43)[C@H](O)[C@H]2O1. The Bertz CT molecular complexity index is 948. The second-order valence-corrected chi connectivity index (χ2v) is 9.65. The van der Waals surface area contributed by atoms with Gasteiger partial charge in [-0.05, 0) is 25.7 Å². The molecule has 14 heteroatoms. The van der Waals surface area contributed by atoms with Gasteiger partial charge in [-0.15, -0.1) is 0 Å². The molecular formula is C14H18F2N5O5PS. The minimum absolute atomic E-state index is 0.109. The summed E-state index contributed by atoms with van der Waals surface area (Å²) in [5, 5.41) is 10.8. The van der Waals surface area contributed by atoms with E-state index in [1.165, 1.54) is 17.2 Å². The van der Waals surface area contributed by atoms with Crippen LogP contribution in [0.3, 0.4) is 0 Å². The van der Waals surface area contributed by atoms with Crippen LogP contribution in [0.5, 0.6) is 0 Å². The highest BCUT2D eigenvalue weighted by molar-refractivity contribution is 8.07. The molecule has 0 amide bonds. The number of nitrogen functional groups attached to an aromatic ring is 1. The molecule has 28 heavy (non-hydrogen) atoms. The van der Waals surface area contributed by atoms with Crippen LogP contribution in [-0.2, 0) is 30.1 Å². The molecule has 0 spiro atoms. The zero-order valence-electron chi connectivity index (χ0n) is 14.8. The van der Waals surface area contributed by atoms with Gasteiger partial charge in [-0.2, -0.15) is 0 Å². The summed E-state index contributed by atoms with van der Waals surface area (Å²) in [6, 6.07) is 0. The highest BCUT2D eigenvalue weighted by Gasteiger charge is 2.66. The Kier molecular flexibility index (Phi) is 4.90. The smallest absolute Gasteiger partial charge is 0.328 e. The number of halogens is 2. The van der Waals surface area contributed by atoms with E-state index in [0.29, 0.717) is 0 Å². The van der Waals surface area contributed by atoms with Crippen LogP contribution in [-0.4, -0.2) is 61.6 Å². The van der Waals surface area contributed by atoms with Crippen LogP contribution >= 0.6 is 6.72 Å². The fourth-order valence-electron chi connectivity index (χ4n) is 3.25. The molecule has 2 aliphatic heterocycles. The zero-order valence-corrected chi connectivity index (χ0v) is 16.5. The molecule has 2 saturated heterocycles. The van der Waals surface area contributed by atoms with E-state index in [4.69, 9.17) is 35.8 Å². The maximum Gasteiger partial charge on any atom is 0.328 e. The first-order valence-corrected chi connectivity index (χ1v) is 10.9. The van der Waals surface area contributed by atoms with Gasteiger partial charge >= 0.3 is 6.72 Å². The van der Waals surface area contributed by atoms with Crippen LogP contribution in [0, 0.1) is 0 Å². The van der Waals surface area contributed by atoms with Crippen molar-refractivity contribution in [2.24, 2.45) is 0 Å². The number of fused-ring (bicyclic) bond motifs is 2. The predicted molar refractivity (Wildman–Crippen MR) is 95.9 cm³/mol. The van der Waals surface area contributed by atoms with Gasteiger partial charge in [0.15, 0.2) is 23.3 Å². The highest BCUT2D eigenvalue weighted by atomic mass is 32.5. The fourth-order valence-corrected chi connectivity index (χ4v) is 5.83. The van der Waals surface area contributed by atoms with Gasteiger partial charge in [-0.1, -0.05) is 0 Å². The molecule has 10 nitrogen and oxygen atoms in total. The summed E-state index contributed by atoms with van der Waals surface area (Å²) in [7, 11) is 0. The van der Waals surface area contributed by atoms with Crippen LogP contribution in [0.15, 0.2) is 12.7 Å². The molecule has 0 aromatic carbocycles. The molecule has 1 unspecified atom stereocenters. The summed E-state index contributed by atoms with van der Waals surface area (Å²) in [6.45, 7) is -0.495. The van der Waals surface area contributed by atoms with Crippen LogP contribution in [0.2, 0.25) is 0 Å². The number of imidazole rings is 1. The number of hydrogen-bond donors (Lipinski definition) is 2. The largest absolute Gasteiger partial charge is 0.386 e. The molecular weight excluding hydrogens is 419 g/mol. The van der Waals surface area contributed by atoms with Crippen molar-refractivity contribution in [2.75, 3.05) is 12.3 Å². The molecule has 0 bridgehead atoms. The number of hydrogen-bond acceptors (Lipinski definition) is 10. The van der Waals surface area contributed by atoms with Crippen molar-refractivity contribution in [1.82, 2.24) is 19.5 Å². The average molecular weight is 437 g/mol. The number of ether oxygens (including phenoxy) is 1. The Hall–Kier alpha value is -1.34. The summed E-state index contributed by atoms with van der Waals surface area (Å²) in [4.78, 5) is 12.0. The number of anilines is 1. The third-order valence-electron chi connectivity index (χ3n) is 4.49. The van der Waals surface area contributed by atoms with Gasteiger partial charge in [0.25, 0.3) is 6.43 Å². The van der Waals surface area contributed by atoms with Crippen molar-refractivity contribution in [3.05, 3.63) is 12.7 Å². The van der Waals surface area contributed by atoms with Gasteiger partial charge in [-0.3, -0.25) is 9.09 Å². The maximum absolute atomic E-state index is 14.0. The van der Waals surface area contributed by atoms with Crippen LogP contribution in [0.25, 0.3) is 11.2 Å². The molecule has 4 rings (SSSR count). The van der Waals surface area contributed by atoms with E-state index in [-0.39, 0.29) is 23.1 Å². The number of rotatable bonds is 4. The quantitative estimate of drug-likeness (QED) is 0.677. The molecule has 0 aliphatic carbocycles. The Morgan fingerprint density at radius 3 is 2.86 bits per heavy atom. The second-order valence-electron chi connectivity index (χ2n) is 6.74. The molecule has 0 radical (unpaired) electrons. The fraction of sp³-hybridized carbons (Fsp3) is 0.643. The number of nitrogens with zero attached hydrogens (tertiary/aromatic N) is 4. The van der Waals surface area contributed by atoms with Crippen molar-refractivity contribution >= 4 is 35.5 Å². The van der Waals surface area contributed by atoms with E-state index in [0.717, 1.165) is 0 Å². The summed E-state index contributed by atoms with van der Waals surface area (Å²) in [5.74, 6) is 0.109. The maximum atomic E-state index is 14.0. The Labute approximate surface area is 163 Å². The third-order valence-corrected chi connectivity index (χ3v) is 6.93. The number of aliphatic hydroxyl groups excluding tert-OH is 1. The first kappa shape index (κ1) is 20.0. The molecule has 4 heterocycles. The minimum atomic E-state index is -3.33. The number of nitrogens with two attached hydrogens (primary N) is 1. The lowest BCUT2D eigenvalue weighted by molar-refractivity contribution is -0.204. The number of aliphatic hydroxyl groups is 1. The Morgan fingerprint density at radius 1 is 1.43 bits per heavy atom. The van der Waals surface area contributed by atoms with Crippen LogP contribution in [0.4, 0.5) is 14.6 Å². The predicted octanol–water partition coefficient (Wildman–Crippen LogP) is 1.37. The van der Waals surface area contributed by atoms with Crippen molar-refractivity contribution in [3.63, 3.8) is 0 Å². The van der Waals surface area contributed by atoms with E-state index in [1.54, 1.807) is 13.8 Å². The van der Waals surface area contributed by atoms with Crippen molar-refractivity contribution in [2.45, 2.75) is 50.4 Å². The first-order chi connectivity index (χ1) is 13.2. The molecule has 3 N–H and O–H groups in total. The van der Waals surface area contributed by atoms with E-state index in [9.17, 15) is 13.9 Å². The van der Waals surface area contributed by atoms with Crippen molar-refractivity contribution in [3.8, 4) is 0 Å². The molecule has 2 aliphatic rings. The molecule has 5 atom stereocenters. The van der Waals surface area contributed by atoms with Gasteiger partial charge in [-0.25, -0.2) is 23.7 Å². The number of aromatic nitrogens is 4.